The predicted octanol–water partition coefficient (Wildman–Crippen LogP) is 5.38. The highest BCUT2D eigenvalue weighted by atomic mass is 32.2. The van der Waals surface area contributed by atoms with E-state index in [9.17, 15) is 21.6 Å². The van der Waals surface area contributed by atoms with Crippen LogP contribution < -0.4 is 8.92 Å². The monoisotopic (exact) mass is 422 g/mol. The topological polar surface area (TPSA) is 52.6 Å². The van der Waals surface area contributed by atoms with Crippen molar-refractivity contribution in [3.63, 3.8) is 0 Å². The molecule has 0 amide bonds. The smallest absolute Gasteiger partial charge is 0.488 e. The summed E-state index contributed by atoms with van der Waals surface area (Å²) >= 11 is 4.13. The first-order valence-electron chi connectivity index (χ1n) is 7.75. The fourth-order valence-electron chi connectivity index (χ4n) is 1.64. The third-order valence-corrected chi connectivity index (χ3v) is 4.05. The van der Waals surface area contributed by atoms with E-state index in [0.29, 0.717) is 5.75 Å². The second-order valence-corrected chi connectivity index (χ2v) is 8.56. The zero-order valence-corrected chi connectivity index (χ0v) is 17.0. The molecule has 2 aromatic carbocycles. The zero-order valence-electron chi connectivity index (χ0n) is 15.2. The second kappa shape index (κ2) is 8.88. The Hall–Kier alpha value is -1.87. The van der Waals surface area contributed by atoms with Crippen LogP contribution in [0.4, 0.5) is 13.2 Å². The molecule has 0 atom stereocenters. The van der Waals surface area contributed by atoms with Gasteiger partial charge in [0.1, 0.15) is 17.1 Å². The van der Waals surface area contributed by atoms with Gasteiger partial charge in [-0.1, -0.05) is 17.7 Å². The Morgan fingerprint density at radius 3 is 1.67 bits per heavy atom. The third kappa shape index (κ3) is 8.57. The van der Waals surface area contributed by atoms with E-state index >= 15 is 0 Å². The van der Waals surface area contributed by atoms with Crippen molar-refractivity contribution < 1.29 is 30.5 Å². The van der Waals surface area contributed by atoms with Crippen LogP contribution in [0.5, 0.6) is 11.5 Å². The fraction of sp³-hybridized carbons (Fsp3) is 0.333. The summed E-state index contributed by atoms with van der Waals surface area (Å²) < 4.78 is 67.1. The fourth-order valence-corrected chi connectivity index (χ4v) is 2.24. The Bertz CT molecular complexity index is 802. The Balaban J connectivity index is 0.000000377. The van der Waals surface area contributed by atoms with Crippen molar-refractivity contribution in [2.24, 2.45) is 0 Å². The number of alkyl halides is 3. The molecule has 4 nitrogen and oxygen atoms in total. The second-order valence-electron chi connectivity index (χ2n) is 6.50. The lowest BCUT2D eigenvalue weighted by Gasteiger charge is -2.21. The van der Waals surface area contributed by atoms with Crippen molar-refractivity contribution in [3.05, 3.63) is 54.1 Å². The molecule has 0 aliphatic rings. The average molecular weight is 422 g/mol. The van der Waals surface area contributed by atoms with Gasteiger partial charge in [0, 0.05) is 4.90 Å². The van der Waals surface area contributed by atoms with E-state index in [0.717, 1.165) is 17.0 Å². The number of aryl methyl sites for hydroxylation is 1. The van der Waals surface area contributed by atoms with Gasteiger partial charge in [-0.25, -0.2) is 0 Å². The molecular weight excluding hydrogens is 401 g/mol. The third-order valence-electron chi connectivity index (χ3n) is 2.77. The van der Waals surface area contributed by atoms with E-state index in [1.54, 1.807) is 20.8 Å². The Labute approximate surface area is 162 Å². The van der Waals surface area contributed by atoms with Crippen LogP contribution in [0, 0.1) is 6.92 Å². The number of thiol groups is 1. The molecular formula is C18H21F3O4S2. The molecule has 2 rings (SSSR count). The van der Waals surface area contributed by atoms with Crippen molar-refractivity contribution in [3.8, 4) is 11.5 Å². The Morgan fingerprint density at radius 1 is 0.852 bits per heavy atom. The average Bonchev–Trinajstić information content (AvgIpc) is 2.50. The lowest BCUT2D eigenvalue weighted by atomic mass is 10.2. The van der Waals surface area contributed by atoms with Gasteiger partial charge in [0.2, 0.25) is 0 Å². The molecule has 0 aliphatic carbocycles. The van der Waals surface area contributed by atoms with E-state index in [2.05, 4.69) is 23.7 Å². The van der Waals surface area contributed by atoms with Crippen LogP contribution in [0.2, 0.25) is 0 Å². The van der Waals surface area contributed by atoms with Crippen molar-refractivity contribution >= 4 is 22.7 Å². The van der Waals surface area contributed by atoms with Crippen molar-refractivity contribution in [2.45, 2.75) is 43.7 Å². The van der Waals surface area contributed by atoms with Crippen LogP contribution in [0.15, 0.2) is 53.4 Å². The number of hydrogen-bond acceptors (Lipinski definition) is 5. The summed E-state index contributed by atoms with van der Waals surface area (Å²) in [7, 11) is -5.64. The molecule has 0 aliphatic heterocycles. The van der Waals surface area contributed by atoms with E-state index in [-0.39, 0.29) is 0 Å². The number of hydrogen-bond donors (Lipinski definition) is 1. The molecule has 0 aromatic heterocycles. The highest BCUT2D eigenvalue weighted by Crippen LogP contribution is 2.28. The summed E-state index contributed by atoms with van der Waals surface area (Å²) in [6, 6.07) is 12.9. The molecule has 0 unspecified atom stereocenters. The summed E-state index contributed by atoms with van der Waals surface area (Å²) in [5, 5.41) is 0. The molecule has 27 heavy (non-hydrogen) atoms. The van der Waals surface area contributed by atoms with Gasteiger partial charge in [0.15, 0.2) is 0 Å². The van der Waals surface area contributed by atoms with Crippen LogP contribution in [0.1, 0.15) is 26.3 Å². The van der Waals surface area contributed by atoms with E-state index < -0.39 is 27.0 Å². The summed E-state index contributed by atoms with van der Waals surface area (Å²) in [6.07, 6.45) is 0. The first kappa shape index (κ1) is 23.2. The quantitative estimate of drug-likeness (QED) is 0.410. The van der Waals surface area contributed by atoms with Gasteiger partial charge in [-0.2, -0.15) is 21.6 Å². The van der Waals surface area contributed by atoms with Gasteiger partial charge in [-0.15, -0.1) is 12.6 Å². The van der Waals surface area contributed by atoms with Gasteiger partial charge in [-0.05, 0) is 64.1 Å². The lowest BCUT2D eigenvalue weighted by molar-refractivity contribution is -0.0500. The first-order chi connectivity index (χ1) is 12.2. The molecule has 0 radical (unpaired) electrons. The maximum Gasteiger partial charge on any atom is 0.534 e. The number of ether oxygens (including phenoxy) is 1. The molecule has 0 N–H and O–H groups in total. The molecule has 0 saturated heterocycles. The highest BCUT2D eigenvalue weighted by Gasteiger charge is 2.48. The molecule has 0 saturated carbocycles. The largest absolute Gasteiger partial charge is 0.534 e. The minimum absolute atomic E-state index is 0.393. The Morgan fingerprint density at radius 2 is 1.30 bits per heavy atom. The first-order valence-corrected chi connectivity index (χ1v) is 9.61. The highest BCUT2D eigenvalue weighted by molar-refractivity contribution is 7.88. The van der Waals surface area contributed by atoms with Crippen LogP contribution in [-0.4, -0.2) is 19.5 Å². The predicted molar refractivity (Wildman–Crippen MR) is 101 cm³/mol. The normalized spacial score (nSPS) is 12.0. The maximum atomic E-state index is 12.1. The number of rotatable bonds is 3. The number of halogens is 3. The summed E-state index contributed by atoms with van der Waals surface area (Å²) in [4.78, 5) is 1.02. The van der Waals surface area contributed by atoms with Gasteiger partial charge in [0.05, 0.1) is 0 Å². The SMILES string of the molecule is CC(C)(C)Oc1ccc(OS(=O)(=O)C(F)(F)F)cc1.Cc1ccc(S)cc1. The molecule has 150 valence electrons. The van der Waals surface area contributed by atoms with E-state index in [1.807, 2.05) is 24.3 Å². The Kier molecular flexibility index (Phi) is 7.62. The minimum Gasteiger partial charge on any atom is -0.488 e. The lowest BCUT2D eigenvalue weighted by Crippen LogP contribution is -2.28. The molecule has 0 spiro atoms. The summed E-state index contributed by atoms with van der Waals surface area (Å²) in [5.41, 5.74) is -4.64. The molecule has 2 aromatic rings. The molecule has 9 heteroatoms. The van der Waals surface area contributed by atoms with Crippen molar-refractivity contribution in [1.29, 1.82) is 0 Å². The van der Waals surface area contributed by atoms with Crippen LogP contribution in [0.25, 0.3) is 0 Å². The zero-order chi connectivity index (χ0) is 20.9. The van der Waals surface area contributed by atoms with Gasteiger partial charge >= 0.3 is 15.6 Å². The van der Waals surface area contributed by atoms with Crippen LogP contribution >= 0.6 is 12.6 Å². The number of benzene rings is 2. The summed E-state index contributed by atoms with van der Waals surface area (Å²) in [5.74, 6) is -0.0390. The van der Waals surface area contributed by atoms with Crippen LogP contribution in [-0.2, 0) is 10.1 Å². The molecule has 0 bridgehead atoms. The molecule has 0 fully saturated rings. The van der Waals surface area contributed by atoms with Gasteiger partial charge in [0.25, 0.3) is 0 Å². The van der Waals surface area contributed by atoms with Crippen molar-refractivity contribution in [1.82, 2.24) is 0 Å². The standard InChI is InChI=1S/C11H13F3O4S.C7H8S/c1-10(2,3)17-8-4-6-9(7-5-8)18-19(15,16)11(12,13)14;1-6-2-4-7(8)5-3-6/h4-7H,1-3H3;2-5,8H,1H3. The van der Waals surface area contributed by atoms with Crippen molar-refractivity contribution in [2.75, 3.05) is 0 Å². The minimum atomic E-state index is -5.64. The summed E-state index contributed by atoms with van der Waals surface area (Å²) in [6.45, 7) is 7.45. The van der Waals surface area contributed by atoms with Crippen LogP contribution in [0.3, 0.4) is 0 Å². The van der Waals surface area contributed by atoms with Gasteiger partial charge < -0.3 is 8.92 Å². The van der Waals surface area contributed by atoms with E-state index in [4.69, 9.17) is 4.74 Å². The molecule has 0 heterocycles. The van der Waals surface area contributed by atoms with Gasteiger partial charge in [-0.3, -0.25) is 0 Å². The maximum absolute atomic E-state index is 12.1. The van der Waals surface area contributed by atoms with E-state index in [1.165, 1.54) is 17.7 Å².